The maximum atomic E-state index is 5.39. The third-order valence-electron chi connectivity index (χ3n) is 1.54. The van der Waals surface area contributed by atoms with Gasteiger partial charge in [0.1, 0.15) is 6.10 Å². The van der Waals surface area contributed by atoms with Gasteiger partial charge >= 0.3 is 0 Å². The molecule has 1 heterocycles. The molecule has 0 spiro atoms. The van der Waals surface area contributed by atoms with E-state index in [9.17, 15) is 0 Å². The van der Waals surface area contributed by atoms with Gasteiger partial charge in [0.15, 0.2) is 0 Å². The van der Waals surface area contributed by atoms with E-state index in [4.69, 9.17) is 9.47 Å². The monoisotopic (exact) mass is 220 g/mol. The normalized spacial score (nSPS) is 20.2. The second-order valence-corrected chi connectivity index (χ2v) is 4.98. The maximum absolute atomic E-state index is 5.39. The zero-order valence-electron chi connectivity index (χ0n) is 7.74. The summed E-state index contributed by atoms with van der Waals surface area (Å²) in [5.74, 6) is 3.42. The van der Waals surface area contributed by atoms with Crippen LogP contribution in [0, 0.1) is 0 Å². The summed E-state index contributed by atoms with van der Waals surface area (Å²) < 4.78 is 10.4. The van der Waals surface area contributed by atoms with E-state index in [1.54, 1.807) is 11.8 Å². The Morgan fingerprint density at radius 1 is 1.46 bits per heavy atom. The van der Waals surface area contributed by atoms with Crippen LogP contribution in [0.1, 0.15) is 0 Å². The minimum absolute atomic E-state index is 0.404. The summed E-state index contributed by atoms with van der Waals surface area (Å²) in [6.45, 7) is 6.17. The molecule has 13 heavy (non-hydrogen) atoms. The largest absolute Gasteiger partial charge is 0.378 e. The second-order valence-electron chi connectivity index (χ2n) is 2.68. The molecule has 0 aromatic carbocycles. The summed E-state index contributed by atoms with van der Waals surface area (Å²) in [4.78, 5) is 0. The lowest BCUT2D eigenvalue weighted by Gasteiger charge is -2.01. The van der Waals surface area contributed by atoms with Crippen molar-refractivity contribution in [2.75, 3.05) is 37.1 Å². The Bertz CT molecular complexity index is 138. The molecule has 4 heteroatoms. The Balaban J connectivity index is 1.65. The van der Waals surface area contributed by atoms with Crippen LogP contribution in [0.4, 0.5) is 0 Å². The van der Waals surface area contributed by atoms with Crippen LogP contribution in [0.15, 0.2) is 12.0 Å². The molecule has 76 valence electrons. The predicted octanol–water partition coefficient (Wildman–Crippen LogP) is 2.01. The van der Waals surface area contributed by atoms with Gasteiger partial charge in [-0.1, -0.05) is 6.58 Å². The van der Waals surface area contributed by atoms with Gasteiger partial charge in [-0.25, -0.2) is 0 Å². The van der Waals surface area contributed by atoms with Gasteiger partial charge in [-0.05, 0) is 5.41 Å². The lowest BCUT2D eigenvalue weighted by Crippen LogP contribution is -2.04. The van der Waals surface area contributed by atoms with E-state index in [1.165, 1.54) is 5.75 Å². The molecule has 1 unspecified atom stereocenters. The summed E-state index contributed by atoms with van der Waals surface area (Å²) in [6.07, 6.45) is 0.404. The van der Waals surface area contributed by atoms with E-state index in [-0.39, 0.29) is 0 Å². The highest BCUT2D eigenvalue weighted by Gasteiger charge is 2.21. The first kappa shape index (κ1) is 11.4. The van der Waals surface area contributed by atoms with Gasteiger partial charge in [-0.2, -0.15) is 11.8 Å². The quantitative estimate of drug-likeness (QED) is 0.438. The van der Waals surface area contributed by atoms with Crippen molar-refractivity contribution >= 4 is 23.5 Å². The zero-order chi connectivity index (χ0) is 9.36. The third kappa shape index (κ3) is 7.43. The first-order valence-corrected chi connectivity index (χ1v) is 6.63. The smallest absolute Gasteiger partial charge is 0.104 e. The molecule has 1 aliphatic rings. The molecule has 0 radical (unpaired) electrons. The van der Waals surface area contributed by atoms with Crippen LogP contribution in [-0.4, -0.2) is 43.2 Å². The SMILES string of the molecule is C=CSCCSCCOCC1CO1. The van der Waals surface area contributed by atoms with Crippen LogP contribution in [0.25, 0.3) is 0 Å². The molecule has 0 bridgehead atoms. The van der Waals surface area contributed by atoms with Crippen molar-refractivity contribution in [1.82, 2.24) is 0 Å². The second kappa shape index (κ2) is 7.74. The third-order valence-corrected chi connectivity index (χ3v) is 3.42. The lowest BCUT2D eigenvalue weighted by molar-refractivity contribution is 0.130. The Labute approximate surface area is 88.4 Å². The highest BCUT2D eigenvalue weighted by atomic mass is 32.2. The first-order chi connectivity index (χ1) is 6.43. The van der Waals surface area contributed by atoms with Crippen LogP contribution in [0.5, 0.6) is 0 Å². The number of thioether (sulfide) groups is 2. The van der Waals surface area contributed by atoms with Crippen molar-refractivity contribution in [3.05, 3.63) is 12.0 Å². The molecule has 0 saturated carbocycles. The van der Waals surface area contributed by atoms with Gasteiger partial charge in [-0.15, -0.1) is 11.8 Å². The molecule has 0 aromatic heterocycles. The number of hydrogen-bond acceptors (Lipinski definition) is 4. The predicted molar refractivity (Wildman–Crippen MR) is 60.5 cm³/mol. The topological polar surface area (TPSA) is 21.8 Å². The average Bonchev–Trinajstić information content (AvgIpc) is 2.93. The lowest BCUT2D eigenvalue weighted by atomic mass is 10.5. The van der Waals surface area contributed by atoms with Gasteiger partial charge in [0.2, 0.25) is 0 Å². The molecule has 1 aliphatic heterocycles. The molecule has 0 aromatic rings. The molecule has 0 N–H and O–H groups in total. The fourth-order valence-corrected chi connectivity index (χ4v) is 2.25. The van der Waals surface area contributed by atoms with E-state index in [2.05, 4.69) is 6.58 Å². The van der Waals surface area contributed by atoms with Crippen LogP contribution in [0.2, 0.25) is 0 Å². The minimum Gasteiger partial charge on any atom is -0.378 e. The molecular formula is C9H16O2S2. The maximum Gasteiger partial charge on any atom is 0.104 e. The zero-order valence-corrected chi connectivity index (χ0v) is 9.37. The highest BCUT2D eigenvalue weighted by molar-refractivity contribution is 8.04. The van der Waals surface area contributed by atoms with Crippen molar-refractivity contribution < 1.29 is 9.47 Å². The Kier molecular flexibility index (Phi) is 6.80. The van der Waals surface area contributed by atoms with Gasteiger partial charge in [0.05, 0.1) is 19.8 Å². The van der Waals surface area contributed by atoms with E-state index < -0.39 is 0 Å². The Morgan fingerprint density at radius 3 is 3.00 bits per heavy atom. The molecule has 1 atom stereocenters. The van der Waals surface area contributed by atoms with Crippen molar-refractivity contribution in [3.8, 4) is 0 Å². The van der Waals surface area contributed by atoms with Crippen LogP contribution >= 0.6 is 23.5 Å². The van der Waals surface area contributed by atoms with Crippen molar-refractivity contribution in [2.45, 2.75) is 6.10 Å². The van der Waals surface area contributed by atoms with E-state index in [0.717, 1.165) is 31.3 Å². The molecule has 2 nitrogen and oxygen atoms in total. The van der Waals surface area contributed by atoms with Gasteiger partial charge in [0, 0.05) is 17.3 Å². The van der Waals surface area contributed by atoms with E-state index in [1.807, 2.05) is 17.2 Å². The number of rotatable bonds is 9. The highest BCUT2D eigenvalue weighted by Crippen LogP contribution is 2.10. The summed E-state index contributed by atoms with van der Waals surface area (Å²) in [5.41, 5.74) is 0. The molecule has 0 amide bonds. The standard InChI is InChI=1S/C9H16O2S2/c1-2-12-5-6-13-4-3-10-7-9-8-11-9/h2,9H,1,3-8H2. The van der Waals surface area contributed by atoms with Crippen LogP contribution < -0.4 is 0 Å². The molecule has 1 fully saturated rings. The van der Waals surface area contributed by atoms with Crippen LogP contribution in [0.3, 0.4) is 0 Å². The summed E-state index contributed by atoms with van der Waals surface area (Å²) in [5, 5.41) is 1.89. The fraction of sp³-hybridized carbons (Fsp3) is 0.778. The number of hydrogen-bond donors (Lipinski definition) is 0. The summed E-state index contributed by atoms with van der Waals surface area (Å²) in [7, 11) is 0. The summed E-state index contributed by atoms with van der Waals surface area (Å²) >= 11 is 3.70. The fourth-order valence-electron chi connectivity index (χ4n) is 0.789. The number of epoxide rings is 1. The molecular weight excluding hydrogens is 204 g/mol. The molecule has 1 rings (SSSR count). The van der Waals surface area contributed by atoms with E-state index >= 15 is 0 Å². The van der Waals surface area contributed by atoms with Crippen LogP contribution in [-0.2, 0) is 9.47 Å². The van der Waals surface area contributed by atoms with Crippen molar-refractivity contribution in [2.24, 2.45) is 0 Å². The summed E-state index contributed by atoms with van der Waals surface area (Å²) in [6, 6.07) is 0. The Hall–Kier alpha value is 0.360. The first-order valence-electron chi connectivity index (χ1n) is 4.43. The van der Waals surface area contributed by atoms with Gasteiger partial charge in [0.25, 0.3) is 0 Å². The molecule has 1 saturated heterocycles. The van der Waals surface area contributed by atoms with E-state index in [0.29, 0.717) is 6.10 Å². The minimum atomic E-state index is 0.404. The van der Waals surface area contributed by atoms with Crippen molar-refractivity contribution in [1.29, 1.82) is 0 Å². The molecule has 0 aliphatic carbocycles. The van der Waals surface area contributed by atoms with Crippen molar-refractivity contribution in [3.63, 3.8) is 0 Å². The Morgan fingerprint density at radius 2 is 2.31 bits per heavy atom. The number of ether oxygens (including phenoxy) is 2. The van der Waals surface area contributed by atoms with Gasteiger partial charge in [-0.3, -0.25) is 0 Å². The average molecular weight is 220 g/mol. The van der Waals surface area contributed by atoms with Gasteiger partial charge < -0.3 is 9.47 Å².